The summed E-state index contributed by atoms with van der Waals surface area (Å²) in [4.78, 5) is 13.0. The molecule has 1 aromatic rings. The van der Waals surface area contributed by atoms with Crippen LogP contribution in [0.2, 0.25) is 0 Å². The number of hydrogen-bond acceptors (Lipinski definition) is 5. The van der Waals surface area contributed by atoms with Gasteiger partial charge in [-0.1, -0.05) is 26.0 Å². The van der Waals surface area contributed by atoms with Crippen molar-refractivity contribution in [1.82, 2.24) is 16.0 Å². The number of rotatable bonds is 5. The second-order valence-electron chi connectivity index (χ2n) is 9.66. The van der Waals surface area contributed by atoms with Crippen LogP contribution in [0.5, 0.6) is 0 Å². The molecule has 0 spiro atoms. The van der Waals surface area contributed by atoms with E-state index in [1.54, 1.807) is 12.1 Å². The van der Waals surface area contributed by atoms with Gasteiger partial charge in [-0.25, -0.2) is 8.42 Å². The Balaban J connectivity index is 1.33. The van der Waals surface area contributed by atoms with Crippen LogP contribution in [0.3, 0.4) is 0 Å². The topological polar surface area (TPSA) is 87.3 Å². The fourth-order valence-corrected chi connectivity index (χ4v) is 7.62. The van der Waals surface area contributed by atoms with Crippen LogP contribution in [0.4, 0.5) is 0 Å². The maximum absolute atomic E-state index is 13.1. The van der Waals surface area contributed by atoms with E-state index in [1.807, 2.05) is 12.1 Å². The molecule has 0 aromatic heterocycles. The first-order chi connectivity index (χ1) is 14.3. The number of amides is 1. The highest BCUT2D eigenvalue weighted by atomic mass is 32.2. The maximum Gasteiger partial charge on any atom is 0.237 e. The Bertz CT molecular complexity index is 841. The molecule has 7 heteroatoms. The fraction of sp³-hybridized carbons (Fsp3) is 0.696. The monoisotopic (exact) mass is 433 g/mol. The molecule has 6 atom stereocenters. The van der Waals surface area contributed by atoms with E-state index < -0.39 is 9.84 Å². The highest BCUT2D eigenvalue weighted by Gasteiger charge is 2.38. The molecule has 3 aliphatic rings. The highest BCUT2D eigenvalue weighted by Crippen LogP contribution is 2.35. The average Bonchev–Trinajstić information content (AvgIpc) is 3.16. The fourth-order valence-electron chi connectivity index (χ4n) is 5.58. The van der Waals surface area contributed by atoms with Crippen molar-refractivity contribution in [3.05, 3.63) is 29.8 Å². The lowest BCUT2D eigenvalue weighted by Gasteiger charge is -2.32. The minimum atomic E-state index is -3.31. The first-order valence-electron chi connectivity index (χ1n) is 11.4. The summed E-state index contributed by atoms with van der Waals surface area (Å²) in [5.74, 6) is 1.36. The van der Waals surface area contributed by atoms with Crippen LogP contribution in [0.15, 0.2) is 29.2 Å². The number of benzene rings is 1. The van der Waals surface area contributed by atoms with Crippen LogP contribution in [0.25, 0.3) is 0 Å². The SMILES string of the molecule is CC1CCC(S(=O)(=O)c2ccc(CNC(=O)C3CC4CNCCC4N3)cc2)C(C)C1. The molecule has 2 heterocycles. The van der Waals surface area contributed by atoms with Gasteiger partial charge in [0.25, 0.3) is 0 Å². The zero-order valence-corrected chi connectivity index (χ0v) is 18.9. The Morgan fingerprint density at radius 1 is 1.10 bits per heavy atom. The van der Waals surface area contributed by atoms with E-state index in [-0.39, 0.29) is 23.1 Å². The van der Waals surface area contributed by atoms with Crippen molar-refractivity contribution in [2.24, 2.45) is 17.8 Å². The van der Waals surface area contributed by atoms with Crippen LogP contribution in [0, 0.1) is 17.8 Å². The van der Waals surface area contributed by atoms with Gasteiger partial charge in [0, 0.05) is 12.6 Å². The number of sulfone groups is 1. The van der Waals surface area contributed by atoms with Gasteiger partial charge in [0.15, 0.2) is 9.84 Å². The lowest BCUT2D eigenvalue weighted by atomic mass is 9.83. The third kappa shape index (κ3) is 4.58. The van der Waals surface area contributed by atoms with Crippen molar-refractivity contribution in [3.63, 3.8) is 0 Å². The second-order valence-corrected chi connectivity index (χ2v) is 11.8. The smallest absolute Gasteiger partial charge is 0.237 e. The van der Waals surface area contributed by atoms with E-state index in [1.165, 1.54) is 0 Å². The van der Waals surface area contributed by atoms with E-state index in [4.69, 9.17) is 0 Å². The first kappa shape index (κ1) is 21.8. The molecular formula is C23H35N3O3S. The van der Waals surface area contributed by atoms with Crippen molar-refractivity contribution < 1.29 is 13.2 Å². The minimum absolute atomic E-state index is 0.0336. The molecular weight excluding hydrogens is 398 g/mol. The third-order valence-corrected chi connectivity index (χ3v) is 9.77. The van der Waals surface area contributed by atoms with Gasteiger partial charge in [-0.3, -0.25) is 4.79 Å². The molecule has 2 saturated heterocycles. The summed E-state index contributed by atoms with van der Waals surface area (Å²) in [6.07, 6.45) is 4.64. The average molecular weight is 434 g/mol. The van der Waals surface area contributed by atoms with Gasteiger partial charge in [-0.2, -0.15) is 0 Å². The maximum atomic E-state index is 13.1. The Kier molecular flexibility index (Phi) is 6.51. The molecule has 1 amide bonds. The summed E-state index contributed by atoms with van der Waals surface area (Å²) in [5.41, 5.74) is 0.921. The summed E-state index contributed by atoms with van der Waals surface area (Å²) in [5, 5.41) is 9.59. The van der Waals surface area contributed by atoms with Gasteiger partial charge in [0.1, 0.15) is 0 Å². The first-order valence-corrected chi connectivity index (χ1v) is 13.0. The highest BCUT2D eigenvalue weighted by molar-refractivity contribution is 7.92. The van der Waals surface area contributed by atoms with Crippen LogP contribution >= 0.6 is 0 Å². The van der Waals surface area contributed by atoms with Crippen molar-refractivity contribution in [2.45, 2.75) is 74.7 Å². The van der Waals surface area contributed by atoms with Crippen LogP contribution in [-0.4, -0.2) is 44.7 Å². The Morgan fingerprint density at radius 2 is 1.87 bits per heavy atom. The number of carbonyl (C=O) groups excluding carboxylic acids is 1. The number of hydrogen-bond donors (Lipinski definition) is 3. The van der Waals surface area contributed by atoms with E-state index >= 15 is 0 Å². The molecule has 4 rings (SSSR count). The van der Waals surface area contributed by atoms with Gasteiger partial charge in [0.2, 0.25) is 5.91 Å². The van der Waals surface area contributed by atoms with Gasteiger partial charge in [-0.15, -0.1) is 0 Å². The summed E-state index contributed by atoms with van der Waals surface area (Å²) in [7, 11) is -3.31. The quantitative estimate of drug-likeness (QED) is 0.663. The molecule has 1 aliphatic carbocycles. The molecule has 6 nitrogen and oxygen atoms in total. The van der Waals surface area contributed by atoms with Gasteiger partial charge >= 0.3 is 0 Å². The number of fused-ring (bicyclic) bond motifs is 1. The lowest BCUT2D eigenvalue weighted by molar-refractivity contribution is -0.123. The van der Waals surface area contributed by atoms with Crippen molar-refractivity contribution >= 4 is 15.7 Å². The van der Waals surface area contributed by atoms with Gasteiger partial charge in [-0.05, 0) is 80.6 Å². The largest absolute Gasteiger partial charge is 0.351 e. The third-order valence-electron chi connectivity index (χ3n) is 7.35. The molecule has 2 aliphatic heterocycles. The number of piperidine rings is 1. The molecule has 0 bridgehead atoms. The predicted octanol–water partition coefficient (Wildman–Crippen LogP) is 2.24. The van der Waals surface area contributed by atoms with Crippen LogP contribution in [-0.2, 0) is 21.2 Å². The molecule has 6 unspecified atom stereocenters. The Labute approximate surface area is 180 Å². The van der Waals surface area contributed by atoms with Crippen molar-refractivity contribution in [1.29, 1.82) is 0 Å². The Hall–Kier alpha value is -1.44. The van der Waals surface area contributed by atoms with Crippen molar-refractivity contribution in [3.8, 4) is 0 Å². The number of carbonyl (C=O) groups is 1. The minimum Gasteiger partial charge on any atom is -0.351 e. The molecule has 3 N–H and O–H groups in total. The second kappa shape index (κ2) is 8.97. The van der Waals surface area contributed by atoms with Crippen LogP contribution in [0.1, 0.15) is 51.5 Å². The summed E-state index contributed by atoms with van der Waals surface area (Å²) >= 11 is 0. The zero-order chi connectivity index (χ0) is 21.3. The predicted molar refractivity (Wildman–Crippen MR) is 118 cm³/mol. The number of nitrogens with one attached hydrogen (secondary N) is 3. The molecule has 0 radical (unpaired) electrons. The summed E-state index contributed by atoms with van der Waals surface area (Å²) < 4.78 is 26.2. The van der Waals surface area contributed by atoms with E-state index in [0.717, 1.165) is 50.8 Å². The van der Waals surface area contributed by atoms with E-state index in [2.05, 4.69) is 29.8 Å². The molecule has 1 aromatic carbocycles. The van der Waals surface area contributed by atoms with E-state index in [9.17, 15) is 13.2 Å². The van der Waals surface area contributed by atoms with Gasteiger partial charge < -0.3 is 16.0 Å². The molecule has 1 saturated carbocycles. The summed E-state index contributed by atoms with van der Waals surface area (Å²) in [6.45, 7) is 6.67. The van der Waals surface area contributed by atoms with Crippen molar-refractivity contribution in [2.75, 3.05) is 13.1 Å². The molecule has 30 heavy (non-hydrogen) atoms. The lowest BCUT2D eigenvalue weighted by Crippen LogP contribution is -2.45. The van der Waals surface area contributed by atoms with Gasteiger partial charge in [0.05, 0.1) is 16.2 Å². The zero-order valence-electron chi connectivity index (χ0n) is 18.1. The van der Waals surface area contributed by atoms with Crippen LogP contribution < -0.4 is 16.0 Å². The normalized spacial score (nSPS) is 34.3. The summed E-state index contributed by atoms with van der Waals surface area (Å²) in [6, 6.07) is 7.38. The van der Waals surface area contributed by atoms with E-state index in [0.29, 0.717) is 29.3 Å². The molecule has 166 valence electrons. The Morgan fingerprint density at radius 3 is 2.57 bits per heavy atom. The molecule has 3 fully saturated rings. The standard InChI is InChI=1S/C23H35N3O3S/c1-15-3-8-22(16(2)11-15)30(28,29)19-6-4-17(5-7-19)13-25-23(27)21-12-18-14-24-10-9-20(18)26-21/h4-7,15-16,18,20-22,24,26H,3,8-14H2,1-2H3,(H,25,27).